The topological polar surface area (TPSA) is 39.2 Å². The molecule has 1 aliphatic rings. The molecule has 0 spiro atoms. The van der Waals surface area contributed by atoms with E-state index in [-0.39, 0.29) is 12.1 Å². The minimum absolute atomic E-state index is 0.220. The molecule has 1 aromatic heterocycles. The summed E-state index contributed by atoms with van der Waals surface area (Å²) in [5.41, 5.74) is 2.46. The lowest BCUT2D eigenvalue weighted by Gasteiger charge is -2.11. The highest BCUT2D eigenvalue weighted by molar-refractivity contribution is 5.91. The molecule has 84 valence electrons. The van der Waals surface area contributed by atoms with Crippen molar-refractivity contribution >= 4 is 16.9 Å². The van der Waals surface area contributed by atoms with Gasteiger partial charge in [-0.1, -0.05) is 24.8 Å². The Hall–Kier alpha value is -2.16. The number of hydrogen-bond donors (Lipinski definition) is 0. The zero-order chi connectivity index (χ0) is 11.8. The van der Waals surface area contributed by atoms with E-state index in [0.717, 1.165) is 16.5 Å². The average molecular weight is 225 g/mol. The summed E-state index contributed by atoms with van der Waals surface area (Å²) in [4.78, 5) is 15.6. The number of pyridine rings is 1. The molecule has 1 aromatic carbocycles. The predicted octanol–water partition coefficient (Wildman–Crippen LogP) is 2.78. The Morgan fingerprint density at radius 3 is 2.88 bits per heavy atom. The fourth-order valence-corrected chi connectivity index (χ4v) is 2.13. The van der Waals surface area contributed by atoms with Crippen molar-refractivity contribution in [1.82, 2.24) is 4.98 Å². The quantitative estimate of drug-likeness (QED) is 0.553. The lowest BCUT2D eigenvalue weighted by Crippen LogP contribution is -2.00. The average Bonchev–Trinajstić information content (AvgIpc) is 2.69. The van der Waals surface area contributed by atoms with E-state index in [2.05, 4.69) is 11.6 Å². The summed E-state index contributed by atoms with van der Waals surface area (Å²) >= 11 is 0. The number of nitrogens with zero attached hydrogens (tertiary/aromatic N) is 1. The smallest absolute Gasteiger partial charge is 0.334 e. The normalized spacial score (nSPS) is 19.6. The van der Waals surface area contributed by atoms with Gasteiger partial charge in [0.1, 0.15) is 6.10 Å². The molecular weight excluding hydrogens is 214 g/mol. The maximum atomic E-state index is 11.4. The Bertz CT molecular complexity index is 597. The molecule has 0 N–H and O–H groups in total. The van der Waals surface area contributed by atoms with E-state index in [1.807, 2.05) is 30.3 Å². The highest BCUT2D eigenvalue weighted by Gasteiger charge is 2.29. The molecule has 1 aliphatic heterocycles. The van der Waals surface area contributed by atoms with Gasteiger partial charge in [0.15, 0.2) is 0 Å². The van der Waals surface area contributed by atoms with Gasteiger partial charge in [0.25, 0.3) is 0 Å². The number of ether oxygens (including phenoxy) is 1. The van der Waals surface area contributed by atoms with Gasteiger partial charge in [0.05, 0.1) is 5.52 Å². The maximum Gasteiger partial charge on any atom is 0.334 e. The van der Waals surface area contributed by atoms with Crippen molar-refractivity contribution in [2.75, 3.05) is 0 Å². The third kappa shape index (κ3) is 1.60. The molecule has 0 saturated carbocycles. The van der Waals surface area contributed by atoms with Crippen molar-refractivity contribution in [3.05, 3.63) is 54.2 Å². The molecule has 0 radical (unpaired) electrons. The first-order chi connectivity index (χ1) is 8.25. The third-order valence-electron chi connectivity index (χ3n) is 3.00. The van der Waals surface area contributed by atoms with E-state index in [9.17, 15) is 4.79 Å². The number of esters is 1. The minimum atomic E-state index is -0.295. The van der Waals surface area contributed by atoms with E-state index in [1.54, 1.807) is 6.20 Å². The Kier molecular flexibility index (Phi) is 2.18. The van der Waals surface area contributed by atoms with Crippen molar-refractivity contribution in [3.8, 4) is 0 Å². The number of rotatable bonds is 1. The Labute approximate surface area is 98.7 Å². The molecule has 2 heterocycles. The van der Waals surface area contributed by atoms with Crippen LogP contribution in [-0.2, 0) is 9.53 Å². The van der Waals surface area contributed by atoms with Crippen LogP contribution in [0, 0.1) is 0 Å². The van der Waals surface area contributed by atoms with E-state index in [0.29, 0.717) is 12.0 Å². The van der Waals surface area contributed by atoms with Crippen LogP contribution in [0.15, 0.2) is 48.7 Å². The van der Waals surface area contributed by atoms with E-state index >= 15 is 0 Å². The summed E-state index contributed by atoms with van der Waals surface area (Å²) < 4.78 is 5.30. The van der Waals surface area contributed by atoms with E-state index in [1.165, 1.54) is 0 Å². The molecule has 3 heteroatoms. The highest BCUT2D eigenvalue weighted by Crippen LogP contribution is 2.35. The Balaban J connectivity index is 2.12. The van der Waals surface area contributed by atoms with Crippen molar-refractivity contribution < 1.29 is 9.53 Å². The van der Waals surface area contributed by atoms with Crippen molar-refractivity contribution in [2.24, 2.45) is 0 Å². The molecule has 1 atom stereocenters. The fourth-order valence-electron chi connectivity index (χ4n) is 2.13. The molecule has 17 heavy (non-hydrogen) atoms. The fraction of sp³-hybridized carbons (Fsp3) is 0.143. The van der Waals surface area contributed by atoms with Crippen molar-refractivity contribution in [1.29, 1.82) is 0 Å². The number of cyclic esters (lactones) is 1. The molecular formula is C14H11NO2. The summed E-state index contributed by atoms with van der Waals surface area (Å²) in [5, 5.41) is 1.03. The second kappa shape index (κ2) is 3.70. The number of para-hydroxylation sites is 1. The van der Waals surface area contributed by atoms with Crippen molar-refractivity contribution in [2.45, 2.75) is 12.5 Å². The van der Waals surface area contributed by atoms with Crippen LogP contribution in [0.3, 0.4) is 0 Å². The summed E-state index contributed by atoms with van der Waals surface area (Å²) in [6, 6.07) is 9.74. The predicted molar refractivity (Wildman–Crippen MR) is 64.3 cm³/mol. The second-order valence-electron chi connectivity index (χ2n) is 4.12. The standard InChI is InChI=1S/C14H11NO2/c1-9-8-13(17-14(9)16)11-6-7-15-12-5-3-2-4-10(11)12/h2-7,13H,1,8H2. The molecule has 3 nitrogen and oxygen atoms in total. The van der Waals surface area contributed by atoms with Gasteiger partial charge in [-0.05, 0) is 12.1 Å². The minimum Gasteiger partial charge on any atom is -0.454 e. The first kappa shape index (κ1) is 10.0. The van der Waals surface area contributed by atoms with Gasteiger partial charge in [-0.2, -0.15) is 0 Å². The largest absolute Gasteiger partial charge is 0.454 e. The lowest BCUT2D eigenvalue weighted by atomic mass is 10.0. The van der Waals surface area contributed by atoms with Crippen LogP contribution in [0.4, 0.5) is 0 Å². The number of carbonyl (C=O) groups is 1. The molecule has 0 amide bonds. The summed E-state index contributed by atoms with van der Waals surface area (Å²) in [5.74, 6) is -0.295. The van der Waals surface area contributed by atoms with Gasteiger partial charge in [0, 0.05) is 29.1 Å². The molecule has 0 bridgehead atoms. The number of carbonyl (C=O) groups excluding carboxylic acids is 1. The monoisotopic (exact) mass is 225 g/mol. The summed E-state index contributed by atoms with van der Waals surface area (Å²) in [7, 11) is 0. The molecule has 1 unspecified atom stereocenters. The van der Waals surface area contributed by atoms with Crippen LogP contribution in [0.2, 0.25) is 0 Å². The van der Waals surface area contributed by atoms with E-state index in [4.69, 9.17) is 4.74 Å². The van der Waals surface area contributed by atoms with E-state index < -0.39 is 0 Å². The van der Waals surface area contributed by atoms with Gasteiger partial charge >= 0.3 is 5.97 Å². The first-order valence-corrected chi connectivity index (χ1v) is 5.48. The van der Waals surface area contributed by atoms with Crippen LogP contribution in [-0.4, -0.2) is 11.0 Å². The van der Waals surface area contributed by atoms with Crippen LogP contribution in [0.5, 0.6) is 0 Å². The molecule has 1 fully saturated rings. The van der Waals surface area contributed by atoms with Crippen LogP contribution < -0.4 is 0 Å². The highest BCUT2D eigenvalue weighted by atomic mass is 16.5. The number of fused-ring (bicyclic) bond motifs is 1. The van der Waals surface area contributed by atoms with Crippen molar-refractivity contribution in [3.63, 3.8) is 0 Å². The van der Waals surface area contributed by atoms with Crippen LogP contribution >= 0.6 is 0 Å². The van der Waals surface area contributed by atoms with Gasteiger partial charge in [-0.15, -0.1) is 0 Å². The summed E-state index contributed by atoms with van der Waals surface area (Å²) in [6.07, 6.45) is 2.09. The third-order valence-corrected chi connectivity index (χ3v) is 3.00. The molecule has 0 aliphatic carbocycles. The van der Waals surface area contributed by atoms with Gasteiger partial charge in [0.2, 0.25) is 0 Å². The Morgan fingerprint density at radius 1 is 1.29 bits per heavy atom. The van der Waals surface area contributed by atoms with Crippen LogP contribution in [0.1, 0.15) is 18.1 Å². The zero-order valence-electron chi connectivity index (χ0n) is 9.22. The maximum absolute atomic E-state index is 11.4. The first-order valence-electron chi connectivity index (χ1n) is 5.48. The van der Waals surface area contributed by atoms with Crippen LogP contribution in [0.25, 0.3) is 10.9 Å². The van der Waals surface area contributed by atoms with Gasteiger partial charge < -0.3 is 4.74 Å². The molecule has 2 aromatic rings. The molecule has 3 rings (SSSR count). The number of aromatic nitrogens is 1. The number of hydrogen-bond acceptors (Lipinski definition) is 3. The second-order valence-corrected chi connectivity index (χ2v) is 4.12. The Morgan fingerprint density at radius 2 is 2.12 bits per heavy atom. The molecule has 1 saturated heterocycles. The SMILES string of the molecule is C=C1CC(c2ccnc3ccccc23)OC1=O. The lowest BCUT2D eigenvalue weighted by molar-refractivity contribution is -0.139. The van der Waals surface area contributed by atoms with Gasteiger partial charge in [-0.25, -0.2) is 4.79 Å². The zero-order valence-corrected chi connectivity index (χ0v) is 9.22. The van der Waals surface area contributed by atoms with Gasteiger partial charge in [-0.3, -0.25) is 4.98 Å². The number of benzene rings is 1. The summed E-state index contributed by atoms with van der Waals surface area (Å²) in [6.45, 7) is 3.70.